The second kappa shape index (κ2) is 8.64. The van der Waals surface area contributed by atoms with Gasteiger partial charge < -0.3 is 9.47 Å². The van der Waals surface area contributed by atoms with Crippen LogP contribution in [0.3, 0.4) is 0 Å². The van der Waals surface area contributed by atoms with Crippen LogP contribution in [0.5, 0.6) is 0 Å². The number of hydrogen-bond donors (Lipinski definition) is 0. The minimum absolute atomic E-state index is 0.0343. The third-order valence-electron chi connectivity index (χ3n) is 5.88. The van der Waals surface area contributed by atoms with Crippen molar-refractivity contribution in [2.75, 3.05) is 13.2 Å². The van der Waals surface area contributed by atoms with Gasteiger partial charge in [0.25, 0.3) is 0 Å². The number of ether oxygens (including phenoxy) is 2. The summed E-state index contributed by atoms with van der Waals surface area (Å²) in [6.07, 6.45) is 0.432. The molecule has 0 spiro atoms. The molecule has 2 atom stereocenters. The van der Waals surface area contributed by atoms with Gasteiger partial charge in [0, 0.05) is 12.5 Å². The molecule has 31 heavy (non-hydrogen) atoms. The lowest BCUT2D eigenvalue weighted by Crippen LogP contribution is -2.56. The smallest absolute Gasteiger partial charge is 0.410 e. The molecule has 1 saturated heterocycles. The van der Waals surface area contributed by atoms with Crippen LogP contribution in [-0.2, 0) is 14.3 Å². The first-order chi connectivity index (χ1) is 14.8. The van der Waals surface area contributed by atoms with E-state index >= 15 is 0 Å². The first kappa shape index (κ1) is 21.8. The number of hydrogen-bond acceptors (Lipinski definition) is 4. The van der Waals surface area contributed by atoms with E-state index in [4.69, 9.17) is 21.1 Å². The van der Waals surface area contributed by atoms with Crippen LogP contribution in [0.1, 0.15) is 50.7 Å². The first-order valence-corrected chi connectivity index (χ1v) is 11.1. The minimum atomic E-state index is -0.842. The number of amides is 1. The molecule has 0 aromatic heterocycles. The quantitative estimate of drug-likeness (QED) is 0.600. The van der Waals surface area contributed by atoms with Crippen LogP contribution < -0.4 is 0 Å². The summed E-state index contributed by atoms with van der Waals surface area (Å²) in [5, 5.41) is -0.595. The molecule has 164 valence electrons. The lowest BCUT2D eigenvalue weighted by atomic mass is 9.98. The Morgan fingerprint density at radius 1 is 1.03 bits per heavy atom. The number of carbonyl (C=O) groups is 2. The predicted molar refractivity (Wildman–Crippen MR) is 120 cm³/mol. The van der Waals surface area contributed by atoms with Crippen LogP contribution in [0.15, 0.2) is 48.5 Å². The third kappa shape index (κ3) is 4.48. The summed E-state index contributed by atoms with van der Waals surface area (Å²) in [7, 11) is 0. The number of nitrogens with zero attached hydrogens (tertiary/aromatic N) is 1. The average Bonchev–Trinajstić information content (AvgIpc) is 3.04. The van der Waals surface area contributed by atoms with Crippen molar-refractivity contribution in [1.29, 1.82) is 0 Å². The van der Waals surface area contributed by atoms with E-state index in [0.29, 0.717) is 13.0 Å². The molecule has 4 rings (SSSR count). The highest BCUT2D eigenvalue weighted by Crippen LogP contribution is 2.44. The second-order valence-electron chi connectivity index (χ2n) is 9.16. The topological polar surface area (TPSA) is 55.8 Å². The number of carbonyl (C=O) groups excluding carboxylic acids is 2. The minimum Gasteiger partial charge on any atom is -0.448 e. The molecule has 2 aliphatic rings. The second-order valence-corrected chi connectivity index (χ2v) is 9.53. The number of benzene rings is 2. The highest BCUT2D eigenvalue weighted by molar-refractivity contribution is 6.65. The normalized spacial score (nSPS) is 20.8. The molecule has 1 amide bonds. The maximum absolute atomic E-state index is 13.0. The summed E-state index contributed by atoms with van der Waals surface area (Å²) in [5.74, 6) is -0.0343. The van der Waals surface area contributed by atoms with E-state index in [-0.39, 0.29) is 12.5 Å². The van der Waals surface area contributed by atoms with Crippen molar-refractivity contribution in [3.63, 3.8) is 0 Å². The Hall–Kier alpha value is -2.37. The molecule has 5 nitrogen and oxygen atoms in total. The summed E-state index contributed by atoms with van der Waals surface area (Å²) in [6, 6.07) is 15.5. The molecule has 0 unspecified atom stereocenters. The predicted octanol–water partition coefficient (Wildman–Crippen LogP) is 5.35. The Balaban J connectivity index is 1.51. The van der Waals surface area contributed by atoms with Crippen LogP contribution in [0.4, 0.5) is 4.79 Å². The molecular formula is C25H28ClNO4. The fourth-order valence-electron chi connectivity index (χ4n) is 4.69. The van der Waals surface area contributed by atoms with Crippen molar-refractivity contribution in [2.45, 2.75) is 57.3 Å². The third-order valence-corrected chi connectivity index (χ3v) is 6.11. The zero-order chi connectivity index (χ0) is 22.2. The maximum Gasteiger partial charge on any atom is 0.410 e. The Labute approximate surface area is 188 Å². The number of fused-ring (bicyclic) bond motifs is 3. The van der Waals surface area contributed by atoms with Gasteiger partial charge in [0.1, 0.15) is 12.6 Å². The van der Waals surface area contributed by atoms with E-state index in [0.717, 1.165) is 17.5 Å². The standard InChI is InChI=1S/C25H28ClNO4/c1-25(2,3)31-21-13-8-14-27(22(21)23(26)28)24(29)30-15-20-18-11-6-4-9-16(18)17-10-5-7-12-19(17)20/h4-7,9-12,20-22H,8,13-15H2,1-3H3/t21-,22+/m1/s1. The monoisotopic (exact) mass is 441 g/mol. The summed E-state index contributed by atoms with van der Waals surface area (Å²) in [6.45, 7) is 6.40. The van der Waals surface area contributed by atoms with Gasteiger partial charge in [0.05, 0.1) is 11.7 Å². The maximum atomic E-state index is 13.0. The van der Waals surface area contributed by atoms with E-state index in [9.17, 15) is 9.59 Å². The average molecular weight is 442 g/mol. The lowest BCUT2D eigenvalue weighted by molar-refractivity contribution is -0.136. The van der Waals surface area contributed by atoms with Gasteiger partial charge in [-0.1, -0.05) is 48.5 Å². The molecule has 1 fully saturated rings. The van der Waals surface area contributed by atoms with Crippen LogP contribution in [0.2, 0.25) is 0 Å². The van der Waals surface area contributed by atoms with E-state index in [2.05, 4.69) is 24.3 Å². The van der Waals surface area contributed by atoms with Crippen molar-refractivity contribution in [2.24, 2.45) is 0 Å². The number of halogens is 1. The Bertz CT molecular complexity index is 938. The van der Waals surface area contributed by atoms with Gasteiger partial charge >= 0.3 is 6.09 Å². The van der Waals surface area contributed by atoms with Crippen molar-refractivity contribution >= 4 is 22.9 Å². The fourth-order valence-corrected chi connectivity index (χ4v) is 4.95. The molecule has 0 bridgehead atoms. The summed E-state index contributed by atoms with van der Waals surface area (Å²) in [4.78, 5) is 26.7. The summed E-state index contributed by atoms with van der Waals surface area (Å²) in [5.41, 5.74) is 4.19. The van der Waals surface area contributed by atoms with E-state index < -0.39 is 29.1 Å². The van der Waals surface area contributed by atoms with Crippen LogP contribution in [0, 0.1) is 0 Å². The molecule has 1 aliphatic carbocycles. The summed E-state index contributed by atoms with van der Waals surface area (Å²) >= 11 is 5.91. The summed E-state index contributed by atoms with van der Waals surface area (Å²) < 4.78 is 11.8. The Kier molecular flexibility index (Phi) is 6.09. The van der Waals surface area contributed by atoms with Crippen LogP contribution in [0.25, 0.3) is 11.1 Å². The Morgan fingerprint density at radius 3 is 2.16 bits per heavy atom. The lowest BCUT2D eigenvalue weighted by Gasteiger charge is -2.41. The number of likely N-dealkylation sites (tertiary alicyclic amines) is 1. The van der Waals surface area contributed by atoms with Crippen molar-refractivity contribution in [1.82, 2.24) is 4.90 Å². The largest absolute Gasteiger partial charge is 0.448 e. The zero-order valence-electron chi connectivity index (χ0n) is 18.1. The van der Waals surface area contributed by atoms with Crippen LogP contribution in [-0.4, -0.2) is 47.1 Å². The van der Waals surface area contributed by atoms with Gasteiger partial charge in [0.15, 0.2) is 0 Å². The van der Waals surface area contributed by atoms with Gasteiger partial charge in [-0.25, -0.2) is 4.79 Å². The van der Waals surface area contributed by atoms with Crippen molar-refractivity contribution in [3.8, 4) is 11.1 Å². The SMILES string of the molecule is CC(C)(C)O[C@@H]1CCCN(C(=O)OCC2c3ccccc3-c3ccccc32)[C@@H]1C(=O)Cl. The van der Waals surface area contributed by atoms with E-state index in [1.807, 2.05) is 45.0 Å². The zero-order valence-corrected chi connectivity index (χ0v) is 18.9. The van der Waals surface area contributed by atoms with E-state index in [1.54, 1.807) is 0 Å². The number of rotatable bonds is 4. The molecule has 0 radical (unpaired) electrons. The molecule has 0 saturated carbocycles. The van der Waals surface area contributed by atoms with Gasteiger partial charge in [0.2, 0.25) is 5.24 Å². The highest BCUT2D eigenvalue weighted by atomic mass is 35.5. The van der Waals surface area contributed by atoms with Crippen molar-refractivity contribution < 1.29 is 19.1 Å². The molecule has 1 heterocycles. The van der Waals surface area contributed by atoms with Crippen LogP contribution >= 0.6 is 11.6 Å². The van der Waals surface area contributed by atoms with Gasteiger partial charge in [-0.3, -0.25) is 9.69 Å². The molecule has 2 aromatic carbocycles. The van der Waals surface area contributed by atoms with Crippen molar-refractivity contribution in [3.05, 3.63) is 59.7 Å². The van der Waals surface area contributed by atoms with Gasteiger partial charge in [-0.2, -0.15) is 0 Å². The molecule has 2 aromatic rings. The van der Waals surface area contributed by atoms with Gasteiger partial charge in [-0.15, -0.1) is 0 Å². The fraction of sp³-hybridized carbons (Fsp3) is 0.440. The molecule has 1 aliphatic heterocycles. The molecule has 6 heteroatoms. The molecular weight excluding hydrogens is 414 g/mol. The first-order valence-electron chi connectivity index (χ1n) is 10.7. The highest BCUT2D eigenvalue weighted by Gasteiger charge is 2.42. The Morgan fingerprint density at radius 2 is 1.61 bits per heavy atom. The number of piperidine rings is 1. The van der Waals surface area contributed by atoms with Gasteiger partial charge in [-0.05, 0) is 67.5 Å². The van der Waals surface area contributed by atoms with E-state index in [1.165, 1.54) is 16.0 Å². The molecule has 0 N–H and O–H groups in total.